The Labute approximate surface area is 162 Å². The third-order valence-electron chi connectivity index (χ3n) is 4.47. The van der Waals surface area contributed by atoms with Crippen molar-refractivity contribution in [1.29, 1.82) is 0 Å². The summed E-state index contributed by atoms with van der Waals surface area (Å²) in [5.74, 6) is -18.8. The molecule has 0 aliphatic heterocycles. The van der Waals surface area contributed by atoms with Crippen LogP contribution in [0.15, 0.2) is 24.3 Å². The van der Waals surface area contributed by atoms with Gasteiger partial charge in [0.15, 0.2) is 17.5 Å². The van der Waals surface area contributed by atoms with E-state index in [1.165, 1.54) is 0 Å². The summed E-state index contributed by atoms with van der Waals surface area (Å²) in [4.78, 5) is 0. The lowest BCUT2D eigenvalue weighted by Crippen LogP contribution is -2.59. The van der Waals surface area contributed by atoms with Crippen LogP contribution in [0.4, 0.5) is 43.9 Å². The SMILES string of the molecule is Cc1c(F)c(F)c(F)c(B(c2c(F)cc(F)cc2F)c2c(F)cc(F)cc2F)c1F. The van der Waals surface area contributed by atoms with Crippen molar-refractivity contribution >= 4 is 23.1 Å². The van der Waals surface area contributed by atoms with E-state index in [2.05, 4.69) is 0 Å². The van der Waals surface area contributed by atoms with Gasteiger partial charge in [0.1, 0.15) is 40.7 Å². The maximum Gasteiger partial charge on any atom is 0.264 e. The summed E-state index contributed by atoms with van der Waals surface area (Å²) >= 11 is 0. The average Bonchev–Trinajstić information content (AvgIpc) is 2.63. The fourth-order valence-electron chi connectivity index (χ4n) is 3.12. The molecule has 0 unspecified atom stereocenters. The van der Waals surface area contributed by atoms with E-state index in [4.69, 9.17) is 0 Å². The molecule has 11 heteroatoms. The number of hydrogen-bond donors (Lipinski definition) is 0. The molecule has 0 atom stereocenters. The quantitative estimate of drug-likeness (QED) is 0.253. The zero-order chi connectivity index (χ0) is 22.5. The summed E-state index contributed by atoms with van der Waals surface area (Å²) in [6.45, 7) is -2.09. The summed E-state index contributed by atoms with van der Waals surface area (Å²) in [5, 5.41) is 0. The predicted octanol–water partition coefficient (Wildman–Crippen LogP) is 3.90. The van der Waals surface area contributed by atoms with Gasteiger partial charge in [-0.2, -0.15) is 0 Å². The van der Waals surface area contributed by atoms with Gasteiger partial charge in [0, 0.05) is 46.2 Å². The van der Waals surface area contributed by atoms with E-state index >= 15 is 0 Å². The van der Waals surface area contributed by atoms with Gasteiger partial charge in [0.05, 0.1) is 0 Å². The van der Waals surface area contributed by atoms with Crippen LogP contribution in [-0.4, -0.2) is 6.71 Å². The summed E-state index contributed by atoms with van der Waals surface area (Å²) < 4.78 is 141. The van der Waals surface area contributed by atoms with Gasteiger partial charge in [-0.15, -0.1) is 0 Å². The molecule has 0 aliphatic rings. The van der Waals surface area contributed by atoms with Gasteiger partial charge in [-0.1, -0.05) is 0 Å². The van der Waals surface area contributed by atoms with E-state index in [0.717, 1.165) is 0 Å². The third-order valence-corrected chi connectivity index (χ3v) is 4.47. The molecule has 3 aromatic carbocycles. The number of hydrogen-bond acceptors (Lipinski definition) is 0. The van der Waals surface area contributed by atoms with E-state index in [1.807, 2.05) is 0 Å². The number of rotatable bonds is 3. The first-order valence-corrected chi connectivity index (χ1v) is 8.07. The maximum absolute atomic E-state index is 14.7. The van der Waals surface area contributed by atoms with Crippen molar-refractivity contribution in [3.05, 3.63) is 88.0 Å². The molecule has 156 valence electrons. The Kier molecular flexibility index (Phi) is 5.57. The molecule has 0 nitrogen and oxygen atoms in total. The molecule has 0 saturated heterocycles. The topological polar surface area (TPSA) is 0 Å². The fourth-order valence-corrected chi connectivity index (χ4v) is 3.12. The first kappa shape index (κ1) is 21.7. The Hall–Kier alpha value is -2.98. The number of halogens is 10. The van der Waals surface area contributed by atoms with Crippen molar-refractivity contribution in [3.63, 3.8) is 0 Å². The molecule has 0 heterocycles. The van der Waals surface area contributed by atoms with Crippen molar-refractivity contribution in [2.45, 2.75) is 6.92 Å². The van der Waals surface area contributed by atoms with Gasteiger partial charge in [0.2, 0.25) is 0 Å². The van der Waals surface area contributed by atoms with E-state index in [-0.39, 0.29) is 24.3 Å². The molecule has 0 radical (unpaired) electrons. The van der Waals surface area contributed by atoms with Crippen molar-refractivity contribution < 1.29 is 43.9 Å². The molecule has 0 spiro atoms. The Bertz CT molecular complexity index is 1040. The van der Waals surface area contributed by atoms with E-state index in [9.17, 15) is 43.9 Å². The minimum Gasteiger partial charge on any atom is -0.207 e. The average molecular weight is 436 g/mol. The Morgan fingerprint density at radius 2 is 0.833 bits per heavy atom. The van der Waals surface area contributed by atoms with Crippen molar-refractivity contribution in [2.75, 3.05) is 0 Å². The smallest absolute Gasteiger partial charge is 0.207 e. The monoisotopic (exact) mass is 436 g/mol. The van der Waals surface area contributed by atoms with Crippen molar-refractivity contribution in [3.8, 4) is 0 Å². The lowest BCUT2D eigenvalue weighted by atomic mass is 9.36. The van der Waals surface area contributed by atoms with Gasteiger partial charge < -0.3 is 0 Å². The maximum atomic E-state index is 14.7. The van der Waals surface area contributed by atoms with Gasteiger partial charge in [-0.25, -0.2) is 43.9 Å². The molecule has 0 bridgehead atoms. The van der Waals surface area contributed by atoms with Gasteiger partial charge in [-0.05, 0) is 6.92 Å². The summed E-state index contributed by atoms with van der Waals surface area (Å²) in [5.41, 5.74) is -5.74. The molecule has 0 aromatic heterocycles. The van der Waals surface area contributed by atoms with Crippen LogP contribution < -0.4 is 16.4 Å². The molecule has 0 N–H and O–H groups in total. The molecule has 30 heavy (non-hydrogen) atoms. The molecule has 0 fully saturated rings. The standard InChI is InChI=1S/C19H7BF10/c1-6-16(27)15(18(29)19(30)17(6)28)20(13-9(23)2-7(21)3-10(13)24)14-11(25)4-8(22)5-12(14)26/h2-5H,1H3. The largest absolute Gasteiger partial charge is 0.264 e. The van der Waals surface area contributed by atoms with Gasteiger partial charge >= 0.3 is 0 Å². The lowest BCUT2D eigenvalue weighted by Gasteiger charge is -2.21. The van der Waals surface area contributed by atoms with Crippen LogP contribution in [0.3, 0.4) is 0 Å². The third kappa shape index (κ3) is 3.42. The second-order valence-corrected chi connectivity index (χ2v) is 6.29. The highest BCUT2D eigenvalue weighted by atomic mass is 19.2. The molecule has 3 aromatic rings. The first-order valence-electron chi connectivity index (χ1n) is 8.07. The zero-order valence-corrected chi connectivity index (χ0v) is 14.7. The summed E-state index contributed by atoms with van der Waals surface area (Å²) in [6.07, 6.45) is 0. The summed E-state index contributed by atoms with van der Waals surface area (Å²) in [6, 6.07) is 0.196. The van der Waals surface area contributed by atoms with Crippen LogP contribution in [-0.2, 0) is 0 Å². The van der Waals surface area contributed by atoms with Crippen molar-refractivity contribution in [2.24, 2.45) is 0 Å². The molecule has 0 aliphatic carbocycles. The van der Waals surface area contributed by atoms with Crippen molar-refractivity contribution in [1.82, 2.24) is 0 Å². The Morgan fingerprint density at radius 1 is 0.467 bits per heavy atom. The number of benzene rings is 3. The van der Waals surface area contributed by atoms with Crippen LogP contribution in [0, 0.1) is 65.1 Å². The normalized spacial score (nSPS) is 11.2. The van der Waals surface area contributed by atoms with E-state index in [1.54, 1.807) is 0 Å². The highest BCUT2D eigenvalue weighted by Gasteiger charge is 2.40. The zero-order valence-electron chi connectivity index (χ0n) is 14.7. The minimum absolute atomic E-state index is 0.0489. The molecular formula is C19H7BF10. The highest BCUT2D eigenvalue weighted by Crippen LogP contribution is 2.19. The van der Waals surface area contributed by atoms with Gasteiger partial charge in [-0.3, -0.25) is 0 Å². The second kappa shape index (κ2) is 7.69. The fraction of sp³-hybridized carbons (Fsp3) is 0.0526. The van der Waals surface area contributed by atoms with Crippen LogP contribution >= 0.6 is 0 Å². The molecule has 3 rings (SSSR count). The van der Waals surface area contributed by atoms with E-state index in [0.29, 0.717) is 6.92 Å². The highest BCUT2D eigenvalue weighted by molar-refractivity contribution is 6.95. The first-order chi connectivity index (χ1) is 14.0. The summed E-state index contributed by atoms with van der Waals surface area (Å²) in [7, 11) is 0. The molecular weight excluding hydrogens is 429 g/mol. The minimum atomic E-state index is -2.74. The van der Waals surface area contributed by atoms with Gasteiger partial charge in [0.25, 0.3) is 6.71 Å². The van der Waals surface area contributed by atoms with Crippen LogP contribution in [0.25, 0.3) is 0 Å². The Morgan fingerprint density at radius 3 is 1.20 bits per heavy atom. The van der Waals surface area contributed by atoms with Crippen LogP contribution in [0.5, 0.6) is 0 Å². The lowest BCUT2D eigenvalue weighted by molar-refractivity contribution is 0.434. The molecule has 0 saturated carbocycles. The van der Waals surface area contributed by atoms with Crippen LogP contribution in [0.2, 0.25) is 0 Å². The predicted molar refractivity (Wildman–Crippen MR) is 88.3 cm³/mol. The van der Waals surface area contributed by atoms with E-state index < -0.39 is 86.8 Å². The van der Waals surface area contributed by atoms with Crippen LogP contribution in [0.1, 0.15) is 5.56 Å². The second-order valence-electron chi connectivity index (χ2n) is 6.29. The molecule has 0 amide bonds. The Balaban J connectivity index is 2.53.